The Morgan fingerprint density at radius 3 is 2.90 bits per heavy atom. The predicted molar refractivity (Wildman–Crippen MR) is 73.3 cm³/mol. The highest BCUT2D eigenvalue weighted by Gasteiger charge is 2.39. The van der Waals surface area contributed by atoms with Gasteiger partial charge in [0, 0.05) is 18.0 Å². The number of aliphatic hydroxyl groups excluding tert-OH is 1. The summed E-state index contributed by atoms with van der Waals surface area (Å²) in [5.41, 5.74) is 0.771. The van der Waals surface area contributed by atoms with Gasteiger partial charge in [0.25, 0.3) is 0 Å². The Labute approximate surface area is 122 Å². The minimum absolute atomic E-state index is 0.140. The van der Waals surface area contributed by atoms with E-state index in [0.717, 1.165) is 5.56 Å². The molecule has 0 saturated carbocycles. The maximum atomic E-state index is 12.3. The Hall–Kier alpha value is -1.59. The first-order valence-corrected chi connectivity index (χ1v) is 6.69. The van der Waals surface area contributed by atoms with Gasteiger partial charge < -0.3 is 14.7 Å². The van der Waals surface area contributed by atoms with E-state index in [-0.39, 0.29) is 25.3 Å². The molecule has 1 aliphatic rings. The third kappa shape index (κ3) is 3.29. The third-order valence-electron chi connectivity index (χ3n) is 3.32. The number of ether oxygens (including phenoxy) is 1. The number of rotatable bonds is 3. The van der Waals surface area contributed by atoms with Crippen LogP contribution in [-0.2, 0) is 20.7 Å². The number of nitrogens with zero attached hydrogens (tertiary/aromatic N) is 1. The second-order valence-electron chi connectivity index (χ2n) is 4.78. The lowest BCUT2D eigenvalue weighted by atomic mass is 10.1. The van der Waals surface area contributed by atoms with Crippen molar-refractivity contribution in [2.24, 2.45) is 0 Å². The fraction of sp³-hybridized carbons (Fsp3) is 0.429. The zero-order chi connectivity index (χ0) is 14.7. The van der Waals surface area contributed by atoms with Crippen LogP contribution >= 0.6 is 11.6 Å². The number of carbonyl (C=O) groups excluding carboxylic acids is 2. The van der Waals surface area contributed by atoms with Gasteiger partial charge in [-0.2, -0.15) is 0 Å². The monoisotopic (exact) mass is 297 g/mol. The van der Waals surface area contributed by atoms with Gasteiger partial charge in [-0.3, -0.25) is 4.79 Å². The van der Waals surface area contributed by atoms with E-state index >= 15 is 0 Å². The number of likely N-dealkylation sites (tertiary alicyclic amines) is 1. The van der Waals surface area contributed by atoms with Crippen molar-refractivity contribution >= 4 is 23.5 Å². The number of esters is 1. The second-order valence-corrected chi connectivity index (χ2v) is 5.22. The zero-order valence-electron chi connectivity index (χ0n) is 11.1. The first-order chi connectivity index (χ1) is 9.51. The molecule has 0 aromatic heterocycles. The molecule has 6 heteroatoms. The molecule has 0 bridgehead atoms. The molecule has 1 aromatic rings. The van der Waals surface area contributed by atoms with Gasteiger partial charge in [0.05, 0.1) is 19.6 Å². The van der Waals surface area contributed by atoms with Crippen LogP contribution < -0.4 is 0 Å². The topological polar surface area (TPSA) is 66.8 Å². The Morgan fingerprint density at radius 2 is 2.25 bits per heavy atom. The van der Waals surface area contributed by atoms with Gasteiger partial charge in [-0.05, 0) is 17.7 Å². The third-order valence-corrected chi connectivity index (χ3v) is 3.55. The highest BCUT2D eigenvalue weighted by molar-refractivity contribution is 6.30. The summed E-state index contributed by atoms with van der Waals surface area (Å²) < 4.78 is 4.67. The molecule has 0 spiro atoms. The van der Waals surface area contributed by atoms with Crippen molar-refractivity contribution in [3.63, 3.8) is 0 Å². The van der Waals surface area contributed by atoms with E-state index in [9.17, 15) is 14.7 Å². The Morgan fingerprint density at radius 1 is 1.50 bits per heavy atom. The van der Waals surface area contributed by atoms with Crippen LogP contribution in [0.15, 0.2) is 24.3 Å². The minimum Gasteiger partial charge on any atom is -0.467 e. The van der Waals surface area contributed by atoms with E-state index in [1.807, 2.05) is 0 Å². The van der Waals surface area contributed by atoms with Gasteiger partial charge in [-0.1, -0.05) is 23.7 Å². The van der Waals surface area contributed by atoms with Crippen molar-refractivity contribution in [1.29, 1.82) is 0 Å². The molecule has 2 unspecified atom stereocenters. The van der Waals surface area contributed by atoms with Crippen molar-refractivity contribution in [1.82, 2.24) is 4.90 Å². The van der Waals surface area contributed by atoms with Crippen molar-refractivity contribution < 1.29 is 19.4 Å². The lowest BCUT2D eigenvalue weighted by Crippen LogP contribution is -2.42. The van der Waals surface area contributed by atoms with Gasteiger partial charge in [-0.25, -0.2) is 4.79 Å². The van der Waals surface area contributed by atoms with Crippen LogP contribution in [-0.4, -0.2) is 47.7 Å². The van der Waals surface area contributed by atoms with Gasteiger partial charge in [0.15, 0.2) is 0 Å². The van der Waals surface area contributed by atoms with E-state index < -0.39 is 18.1 Å². The summed E-state index contributed by atoms with van der Waals surface area (Å²) in [6.07, 6.45) is -0.336. The molecule has 1 aromatic carbocycles. The van der Waals surface area contributed by atoms with Gasteiger partial charge >= 0.3 is 5.97 Å². The highest BCUT2D eigenvalue weighted by Crippen LogP contribution is 2.21. The largest absolute Gasteiger partial charge is 0.467 e. The first kappa shape index (κ1) is 14.8. The molecule has 20 heavy (non-hydrogen) atoms. The van der Waals surface area contributed by atoms with Crippen molar-refractivity contribution in [2.45, 2.75) is 25.0 Å². The van der Waals surface area contributed by atoms with Gasteiger partial charge in [-0.15, -0.1) is 0 Å². The molecule has 1 fully saturated rings. The van der Waals surface area contributed by atoms with Crippen LogP contribution in [0.2, 0.25) is 5.02 Å². The molecule has 1 aliphatic heterocycles. The van der Waals surface area contributed by atoms with Gasteiger partial charge in [0.2, 0.25) is 5.91 Å². The number of methoxy groups -OCH3 is 1. The zero-order valence-corrected chi connectivity index (χ0v) is 11.8. The lowest BCUT2D eigenvalue weighted by Gasteiger charge is -2.22. The van der Waals surface area contributed by atoms with Gasteiger partial charge in [0.1, 0.15) is 6.04 Å². The summed E-state index contributed by atoms with van der Waals surface area (Å²) in [6.45, 7) is 0.152. The molecule has 2 rings (SSSR count). The first-order valence-electron chi connectivity index (χ1n) is 6.31. The molecule has 1 saturated heterocycles. The SMILES string of the molecule is COC(=O)C1CC(O)CN1C(=O)Cc1cccc(Cl)c1. The predicted octanol–water partition coefficient (Wildman–Crippen LogP) is 1.02. The average Bonchev–Trinajstić information content (AvgIpc) is 2.80. The standard InChI is InChI=1S/C14H16ClNO4/c1-20-14(19)12-7-11(17)8-16(12)13(18)6-9-3-2-4-10(15)5-9/h2-5,11-12,17H,6-8H2,1H3. The Kier molecular flexibility index (Phi) is 4.62. The van der Waals surface area contributed by atoms with Crippen LogP contribution in [0.25, 0.3) is 0 Å². The normalized spacial score (nSPS) is 21.9. The minimum atomic E-state index is -0.707. The molecule has 1 N–H and O–H groups in total. The average molecular weight is 298 g/mol. The molecule has 108 valence electrons. The van der Waals surface area contributed by atoms with Crippen LogP contribution in [0, 0.1) is 0 Å². The summed E-state index contributed by atoms with van der Waals surface area (Å²) in [5.74, 6) is -0.722. The van der Waals surface area contributed by atoms with Crippen molar-refractivity contribution in [3.05, 3.63) is 34.9 Å². The number of aliphatic hydroxyl groups is 1. The Bertz CT molecular complexity index is 520. The van der Waals surface area contributed by atoms with E-state index in [2.05, 4.69) is 4.74 Å². The number of hydrogen-bond acceptors (Lipinski definition) is 4. The maximum absolute atomic E-state index is 12.3. The number of halogens is 1. The second kappa shape index (κ2) is 6.24. The van der Waals surface area contributed by atoms with Crippen LogP contribution in [0.1, 0.15) is 12.0 Å². The summed E-state index contributed by atoms with van der Waals surface area (Å²) in [6, 6.07) is 6.29. The van der Waals surface area contributed by atoms with Crippen LogP contribution in [0.5, 0.6) is 0 Å². The quantitative estimate of drug-likeness (QED) is 0.846. The number of β-amino-alcohol motifs (C(OH)–C–C–N with tert-alkyl or cyclic N) is 1. The molecule has 2 atom stereocenters. The molecule has 0 aliphatic carbocycles. The van der Waals surface area contributed by atoms with E-state index in [1.165, 1.54) is 12.0 Å². The van der Waals surface area contributed by atoms with E-state index in [4.69, 9.17) is 11.6 Å². The maximum Gasteiger partial charge on any atom is 0.328 e. The van der Waals surface area contributed by atoms with Crippen molar-refractivity contribution in [2.75, 3.05) is 13.7 Å². The summed E-state index contributed by atoms with van der Waals surface area (Å²) in [5, 5.41) is 10.2. The summed E-state index contributed by atoms with van der Waals surface area (Å²) in [4.78, 5) is 25.3. The number of carbonyl (C=O) groups is 2. The summed E-state index contributed by atoms with van der Waals surface area (Å²) in [7, 11) is 1.27. The molecule has 1 amide bonds. The molecule has 1 heterocycles. The van der Waals surface area contributed by atoms with Crippen LogP contribution in [0.4, 0.5) is 0 Å². The number of hydrogen-bond donors (Lipinski definition) is 1. The number of amides is 1. The summed E-state index contributed by atoms with van der Waals surface area (Å²) >= 11 is 5.87. The number of benzene rings is 1. The molecule has 0 radical (unpaired) electrons. The van der Waals surface area contributed by atoms with Crippen molar-refractivity contribution in [3.8, 4) is 0 Å². The highest BCUT2D eigenvalue weighted by atomic mass is 35.5. The molecule has 5 nitrogen and oxygen atoms in total. The fourth-order valence-electron chi connectivity index (χ4n) is 2.37. The van der Waals surface area contributed by atoms with E-state index in [0.29, 0.717) is 5.02 Å². The smallest absolute Gasteiger partial charge is 0.328 e. The fourth-order valence-corrected chi connectivity index (χ4v) is 2.58. The Balaban J connectivity index is 2.09. The molecular weight excluding hydrogens is 282 g/mol. The van der Waals surface area contributed by atoms with E-state index in [1.54, 1.807) is 24.3 Å². The molecular formula is C14H16ClNO4. The van der Waals surface area contributed by atoms with Crippen LogP contribution in [0.3, 0.4) is 0 Å². The lowest BCUT2D eigenvalue weighted by molar-refractivity contribution is -0.150.